The Balaban J connectivity index is 0.00000320. The number of nitrogens with zero attached hydrogens (tertiary/aromatic N) is 1. The van der Waals surface area contributed by atoms with Crippen molar-refractivity contribution in [2.75, 3.05) is 19.8 Å². The Hall–Kier alpha value is -1.74. The number of aliphatic imine (C=N–C) groups is 1. The zero-order valence-corrected chi connectivity index (χ0v) is 20.5. The lowest BCUT2D eigenvalue weighted by Crippen LogP contribution is -2.42. The summed E-state index contributed by atoms with van der Waals surface area (Å²) in [5.41, 5.74) is 2.26. The van der Waals surface area contributed by atoms with Gasteiger partial charge in [0.05, 0.1) is 26.0 Å². The van der Waals surface area contributed by atoms with Crippen molar-refractivity contribution in [2.45, 2.75) is 58.7 Å². The summed E-state index contributed by atoms with van der Waals surface area (Å²) in [6.45, 7) is 9.13. The van der Waals surface area contributed by atoms with Gasteiger partial charge in [0.25, 0.3) is 0 Å². The van der Waals surface area contributed by atoms with Crippen LogP contribution in [0, 0.1) is 6.92 Å². The summed E-state index contributed by atoms with van der Waals surface area (Å²) in [7, 11) is 0. The lowest BCUT2D eigenvalue weighted by Gasteiger charge is -2.18. The number of guanidine groups is 1. The van der Waals surface area contributed by atoms with E-state index in [0.717, 1.165) is 55.4 Å². The third-order valence-electron chi connectivity index (χ3n) is 5.05. The minimum atomic E-state index is 0. The molecule has 7 heteroatoms. The summed E-state index contributed by atoms with van der Waals surface area (Å²) in [6, 6.07) is 10.5. The quantitative estimate of drug-likeness (QED) is 0.287. The van der Waals surface area contributed by atoms with Crippen LogP contribution in [0.1, 0.15) is 43.6 Å². The maximum absolute atomic E-state index is 6.20. The highest BCUT2D eigenvalue weighted by molar-refractivity contribution is 14.0. The lowest BCUT2D eigenvalue weighted by atomic mass is 10.1. The van der Waals surface area contributed by atoms with Crippen molar-refractivity contribution in [2.24, 2.45) is 4.99 Å². The van der Waals surface area contributed by atoms with E-state index in [0.29, 0.717) is 19.2 Å². The van der Waals surface area contributed by atoms with Crippen LogP contribution < -0.4 is 15.4 Å². The summed E-state index contributed by atoms with van der Waals surface area (Å²) in [4.78, 5) is 4.82. The molecule has 0 aliphatic carbocycles. The van der Waals surface area contributed by atoms with Crippen molar-refractivity contribution in [3.63, 3.8) is 0 Å². The van der Waals surface area contributed by atoms with Gasteiger partial charge in [-0.15, -0.1) is 24.0 Å². The average Bonchev–Trinajstić information content (AvgIpc) is 3.41. The molecule has 2 atom stereocenters. The molecule has 30 heavy (non-hydrogen) atoms. The molecule has 1 aromatic carbocycles. The molecule has 0 radical (unpaired) electrons. The van der Waals surface area contributed by atoms with Gasteiger partial charge in [-0.25, -0.2) is 4.99 Å². The highest BCUT2D eigenvalue weighted by atomic mass is 127. The summed E-state index contributed by atoms with van der Waals surface area (Å²) in [5.74, 6) is 2.68. The summed E-state index contributed by atoms with van der Waals surface area (Å²) in [5, 5.41) is 6.88. The monoisotopic (exact) mass is 527 g/mol. The second kappa shape index (κ2) is 12.8. The fraction of sp³-hybridized carbons (Fsp3) is 0.522. The molecule has 6 nitrogen and oxygen atoms in total. The second-order valence-electron chi connectivity index (χ2n) is 7.59. The topological polar surface area (TPSA) is 68.0 Å². The van der Waals surface area contributed by atoms with Gasteiger partial charge in [0.1, 0.15) is 17.6 Å². The molecule has 1 aromatic heterocycles. The Morgan fingerprint density at radius 2 is 2.20 bits per heavy atom. The molecule has 0 bridgehead atoms. The zero-order valence-electron chi connectivity index (χ0n) is 18.1. The number of aryl methyl sites for hydroxylation is 1. The van der Waals surface area contributed by atoms with E-state index in [1.54, 1.807) is 6.26 Å². The molecule has 2 aromatic rings. The van der Waals surface area contributed by atoms with Crippen molar-refractivity contribution in [1.82, 2.24) is 10.6 Å². The largest absolute Gasteiger partial charge is 0.488 e. The van der Waals surface area contributed by atoms with Crippen molar-refractivity contribution in [3.05, 3.63) is 53.5 Å². The fourth-order valence-electron chi connectivity index (χ4n) is 3.10. The van der Waals surface area contributed by atoms with E-state index in [2.05, 4.69) is 49.6 Å². The third-order valence-corrected chi connectivity index (χ3v) is 5.05. The molecule has 0 spiro atoms. The Kier molecular flexibility index (Phi) is 10.5. The molecule has 1 saturated heterocycles. The summed E-state index contributed by atoms with van der Waals surface area (Å²) >= 11 is 0. The van der Waals surface area contributed by atoms with Gasteiger partial charge in [-0.3, -0.25) is 0 Å². The Morgan fingerprint density at radius 3 is 2.90 bits per heavy atom. The summed E-state index contributed by atoms with van der Waals surface area (Å²) in [6.07, 6.45) is 4.61. The molecule has 1 aliphatic heterocycles. The van der Waals surface area contributed by atoms with Crippen molar-refractivity contribution in [3.8, 4) is 5.75 Å². The van der Waals surface area contributed by atoms with E-state index >= 15 is 0 Å². The van der Waals surface area contributed by atoms with Crippen LogP contribution in [0.25, 0.3) is 0 Å². The Labute approximate surface area is 196 Å². The molecular formula is C23H34IN3O3. The first-order valence-electron chi connectivity index (χ1n) is 10.5. The number of benzene rings is 1. The maximum atomic E-state index is 6.20. The predicted octanol–water partition coefficient (Wildman–Crippen LogP) is 4.45. The van der Waals surface area contributed by atoms with Crippen LogP contribution >= 0.6 is 24.0 Å². The van der Waals surface area contributed by atoms with Crippen molar-refractivity contribution < 1.29 is 13.9 Å². The molecule has 1 aliphatic rings. The van der Waals surface area contributed by atoms with Gasteiger partial charge in [-0.2, -0.15) is 0 Å². The average molecular weight is 527 g/mol. The maximum Gasteiger partial charge on any atom is 0.191 e. The molecular weight excluding hydrogens is 493 g/mol. The van der Waals surface area contributed by atoms with Crippen LogP contribution in [0.3, 0.4) is 0 Å². The molecule has 0 saturated carbocycles. The van der Waals surface area contributed by atoms with Gasteiger partial charge in [-0.1, -0.05) is 19.1 Å². The molecule has 2 N–H and O–H groups in total. The Morgan fingerprint density at radius 1 is 1.33 bits per heavy atom. The van der Waals surface area contributed by atoms with Crippen LogP contribution in [0.15, 0.2) is 46.0 Å². The van der Waals surface area contributed by atoms with E-state index in [9.17, 15) is 0 Å². The molecule has 166 valence electrons. The van der Waals surface area contributed by atoms with Crippen LogP contribution in [0.4, 0.5) is 0 Å². The number of hydrogen-bond acceptors (Lipinski definition) is 4. The number of halogens is 1. The van der Waals surface area contributed by atoms with Crippen LogP contribution in [-0.4, -0.2) is 37.9 Å². The Bertz CT molecular complexity index is 774. The number of hydrogen-bond donors (Lipinski definition) is 2. The SMILES string of the molecule is CCC(C)NC(=NCc1ccc(C)cc1OC1CCOC1)NCCc1ccco1.I. The van der Waals surface area contributed by atoms with Gasteiger partial charge >= 0.3 is 0 Å². The van der Waals surface area contributed by atoms with E-state index in [-0.39, 0.29) is 30.1 Å². The van der Waals surface area contributed by atoms with Gasteiger partial charge in [-0.05, 0) is 44.0 Å². The van der Waals surface area contributed by atoms with Crippen molar-refractivity contribution >= 4 is 29.9 Å². The van der Waals surface area contributed by atoms with E-state index < -0.39 is 0 Å². The first kappa shape index (κ1) is 24.5. The minimum Gasteiger partial charge on any atom is -0.488 e. The first-order chi connectivity index (χ1) is 14.1. The lowest BCUT2D eigenvalue weighted by molar-refractivity contribution is 0.140. The highest BCUT2D eigenvalue weighted by Crippen LogP contribution is 2.24. The van der Waals surface area contributed by atoms with Crippen LogP contribution in [-0.2, 0) is 17.7 Å². The highest BCUT2D eigenvalue weighted by Gasteiger charge is 2.18. The minimum absolute atomic E-state index is 0. The fourth-order valence-corrected chi connectivity index (χ4v) is 3.10. The molecule has 3 rings (SSSR count). The van der Waals surface area contributed by atoms with E-state index in [4.69, 9.17) is 18.9 Å². The van der Waals surface area contributed by atoms with Gasteiger partial charge < -0.3 is 24.5 Å². The second-order valence-corrected chi connectivity index (χ2v) is 7.59. The zero-order chi connectivity index (χ0) is 20.5. The number of rotatable bonds is 9. The van der Waals surface area contributed by atoms with E-state index in [1.807, 2.05) is 12.1 Å². The van der Waals surface area contributed by atoms with Crippen LogP contribution in [0.5, 0.6) is 5.75 Å². The number of furan rings is 1. The standard InChI is InChI=1S/C23H33N3O3.HI/c1-4-18(3)26-23(24-11-9-20-6-5-12-28-20)25-15-19-8-7-17(2)14-22(19)29-21-10-13-27-16-21;/h5-8,12,14,18,21H,4,9-11,13,15-16H2,1-3H3,(H2,24,25,26);1H. The smallest absolute Gasteiger partial charge is 0.191 e. The molecule has 1 fully saturated rings. The normalized spacial score (nSPS) is 17.3. The van der Waals surface area contributed by atoms with Gasteiger partial charge in [0.15, 0.2) is 5.96 Å². The predicted molar refractivity (Wildman–Crippen MR) is 131 cm³/mol. The van der Waals surface area contributed by atoms with Gasteiger partial charge in [0, 0.05) is 31.0 Å². The van der Waals surface area contributed by atoms with E-state index in [1.165, 1.54) is 5.56 Å². The summed E-state index contributed by atoms with van der Waals surface area (Å²) < 4.78 is 17.1. The number of nitrogens with one attached hydrogen (secondary N) is 2. The van der Waals surface area contributed by atoms with Crippen LogP contribution in [0.2, 0.25) is 0 Å². The molecule has 0 amide bonds. The number of ether oxygens (including phenoxy) is 2. The molecule has 2 unspecified atom stereocenters. The first-order valence-corrected chi connectivity index (χ1v) is 10.5. The van der Waals surface area contributed by atoms with Crippen molar-refractivity contribution in [1.29, 1.82) is 0 Å². The molecule has 2 heterocycles. The van der Waals surface area contributed by atoms with Gasteiger partial charge in [0.2, 0.25) is 0 Å². The third kappa shape index (κ3) is 7.83.